The van der Waals surface area contributed by atoms with Gasteiger partial charge in [0.2, 0.25) is 0 Å². The first-order chi connectivity index (χ1) is 4.33. The second-order valence-corrected chi connectivity index (χ2v) is 2.24. The van der Waals surface area contributed by atoms with Crippen LogP contribution in [0.4, 0.5) is 0 Å². The smallest absolute Gasteiger partial charge is 0.0623 e. The lowest BCUT2D eigenvalue weighted by Crippen LogP contribution is -2.35. The Kier molecular flexibility index (Phi) is 2.41. The van der Waals surface area contributed by atoms with Crippen molar-refractivity contribution in [1.29, 1.82) is 0 Å². The standard InChI is InChI=1S/C5H10N2O2/c6-9-7-3-1-5(8)2-4-7/h5,8H,1-4H2. The maximum absolute atomic E-state index is 8.96. The maximum Gasteiger partial charge on any atom is 0.0623 e. The van der Waals surface area contributed by atoms with E-state index in [2.05, 4.69) is 4.94 Å². The number of aliphatic hydroxyl groups excluding tert-OH is 1. The molecule has 0 amide bonds. The molecule has 1 aliphatic rings. The van der Waals surface area contributed by atoms with Gasteiger partial charge in [0.05, 0.1) is 12.0 Å². The number of piperidine rings is 1. The molecular weight excluding hydrogens is 120 g/mol. The Labute approximate surface area is 54.1 Å². The summed E-state index contributed by atoms with van der Waals surface area (Å²) in [5, 5.41) is 10.4. The van der Waals surface area contributed by atoms with Crippen molar-refractivity contribution in [1.82, 2.24) is 11.0 Å². The van der Waals surface area contributed by atoms with E-state index in [9.17, 15) is 0 Å². The molecule has 1 N–H and O–H groups in total. The van der Waals surface area contributed by atoms with E-state index < -0.39 is 0 Å². The van der Waals surface area contributed by atoms with Crippen molar-refractivity contribution in [2.24, 2.45) is 0 Å². The lowest BCUT2D eigenvalue weighted by atomic mass is 10.1. The molecule has 0 spiro atoms. The summed E-state index contributed by atoms with van der Waals surface area (Å²) in [6, 6.07) is 0. The van der Waals surface area contributed by atoms with E-state index >= 15 is 0 Å². The predicted molar refractivity (Wildman–Crippen MR) is 30.0 cm³/mol. The minimum atomic E-state index is -0.212. The average Bonchev–Trinajstić information content (AvgIpc) is 1.90. The molecule has 0 aliphatic carbocycles. The van der Waals surface area contributed by atoms with Gasteiger partial charge < -0.3 is 5.11 Å². The molecule has 0 bridgehead atoms. The monoisotopic (exact) mass is 130 g/mol. The molecule has 1 saturated heterocycles. The Morgan fingerprint density at radius 1 is 1.44 bits per heavy atom. The molecule has 0 aromatic carbocycles. The molecule has 9 heavy (non-hydrogen) atoms. The zero-order chi connectivity index (χ0) is 6.69. The Morgan fingerprint density at radius 3 is 2.44 bits per heavy atom. The van der Waals surface area contributed by atoms with Crippen molar-refractivity contribution in [3.05, 3.63) is 0 Å². The number of nitrogens with zero attached hydrogens (tertiary/aromatic N) is 2. The van der Waals surface area contributed by atoms with Gasteiger partial charge in [0.15, 0.2) is 0 Å². The first-order valence-corrected chi connectivity index (χ1v) is 3.07. The van der Waals surface area contributed by atoms with Crippen LogP contribution in [-0.2, 0) is 4.94 Å². The van der Waals surface area contributed by atoms with E-state index in [0.717, 1.165) is 0 Å². The summed E-state index contributed by atoms with van der Waals surface area (Å²) < 4.78 is 0. The Hall–Kier alpha value is -0.160. The lowest BCUT2D eigenvalue weighted by Gasteiger charge is -2.24. The maximum atomic E-state index is 8.96. The molecule has 4 nitrogen and oxygen atoms in total. The predicted octanol–water partition coefficient (Wildman–Crippen LogP) is -0.642. The van der Waals surface area contributed by atoms with Gasteiger partial charge in [-0.3, -0.25) is 0 Å². The minimum Gasteiger partial charge on any atom is -0.393 e. The highest BCUT2D eigenvalue weighted by Gasteiger charge is 2.16. The third kappa shape index (κ3) is 1.91. The quantitative estimate of drug-likeness (QED) is 0.480. The number of hydrogen-bond acceptors (Lipinski definition) is 3. The number of hydroxylamine groups is 2. The number of hydrogen-bond donors (Lipinski definition) is 1. The van der Waals surface area contributed by atoms with Crippen LogP contribution >= 0.6 is 0 Å². The molecular formula is C5H10N2O2. The minimum absolute atomic E-state index is 0.212. The van der Waals surface area contributed by atoms with Crippen LogP contribution in [0.5, 0.6) is 0 Å². The van der Waals surface area contributed by atoms with Crippen LogP contribution < -0.4 is 5.90 Å². The van der Waals surface area contributed by atoms with Crippen molar-refractivity contribution >= 4 is 0 Å². The summed E-state index contributed by atoms with van der Waals surface area (Å²) in [6.07, 6.45) is 1.15. The highest BCUT2D eigenvalue weighted by molar-refractivity contribution is 4.64. The summed E-state index contributed by atoms with van der Waals surface area (Å²) in [5.41, 5.74) is 0. The van der Waals surface area contributed by atoms with Crippen LogP contribution in [0.25, 0.3) is 0 Å². The summed E-state index contributed by atoms with van der Waals surface area (Å²) in [7, 11) is 0. The van der Waals surface area contributed by atoms with Crippen molar-refractivity contribution in [2.75, 3.05) is 13.1 Å². The lowest BCUT2D eigenvalue weighted by molar-refractivity contribution is -0.192. The van der Waals surface area contributed by atoms with Gasteiger partial charge in [-0.15, -0.1) is 0 Å². The molecule has 4 heteroatoms. The summed E-state index contributed by atoms with van der Waals surface area (Å²) >= 11 is 0. The van der Waals surface area contributed by atoms with Crippen molar-refractivity contribution in [3.63, 3.8) is 0 Å². The van der Waals surface area contributed by atoms with Gasteiger partial charge in [-0.2, -0.15) is 10.0 Å². The van der Waals surface area contributed by atoms with Crippen molar-refractivity contribution in [2.45, 2.75) is 18.9 Å². The van der Waals surface area contributed by atoms with Crippen LogP contribution in [0.1, 0.15) is 12.8 Å². The molecule has 1 fully saturated rings. The highest BCUT2D eigenvalue weighted by atomic mass is 16.8. The van der Waals surface area contributed by atoms with E-state index in [-0.39, 0.29) is 6.10 Å². The molecule has 0 unspecified atom stereocenters. The second kappa shape index (κ2) is 3.12. The van der Waals surface area contributed by atoms with E-state index in [4.69, 9.17) is 11.0 Å². The van der Waals surface area contributed by atoms with Crippen LogP contribution in [0.3, 0.4) is 0 Å². The van der Waals surface area contributed by atoms with E-state index in [1.807, 2.05) is 0 Å². The van der Waals surface area contributed by atoms with Crippen LogP contribution in [0.2, 0.25) is 0 Å². The molecule has 2 radical (unpaired) electrons. The zero-order valence-corrected chi connectivity index (χ0v) is 5.16. The summed E-state index contributed by atoms with van der Waals surface area (Å²) in [6.45, 7) is 1.22. The van der Waals surface area contributed by atoms with E-state index in [1.54, 1.807) is 0 Å². The van der Waals surface area contributed by atoms with E-state index in [0.29, 0.717) is 25.9 Å². The number of rotatable bonds is 1. The topological polar surface area (TPSA) is 55.0 Å². The molecule has 0 saturated carbocycles. The van der Waals surface area contributed by atoms with Gasteiger partial charge >= 0.3 is 0 Å². The van der Waals surface area contributed by atoms with Crippen LogP contribution in [0.15, 0.2) is 0 Å². The van der Waals surface area contributed by atoms with Gasteiger partial charge in [-0.25, -0.2) is 0 Å². The number of aliphatic hydroxyl groups is 1. The Bertz CT molecular complexity index is 81.0. The van der Waals surface area contributed by atoms with Gasteiger partial charge in [-0.05, 0) is 12.8 Å². The average molecular weight is 130 g/mol. The first kappa shape index (κ1) is 6.95. The SMILES string of the molecule is [N]ON1CCC(O)CC1. The largest absolute Gasteiger partial charge is 0.393 e. The summed E-state index contributed by atoms with van der Waals surface area (Å²) in [5.74, 6) is 8.12. The van der Waals surface area contributed by atoms with Crippen LogP contribution in [-0.4, -0.2) is 29.4 Å². The fourth-order valence-corrected chi connectivity index (χ4v) is 0.924. The zero-order valence-electron chi connectivity index (χ0n) is 5.16. The molecule has 52 valence electrons. The second-order valence-electron chi connectivity index (χ2n) is 2.24. The first-order valence-electron chi connectivity index (χ1n) is 3.07. The third-order valence-corrected chi connectivity index (χ3v) is 1.54. The van der Waals surface area contributed by atoms with Crippen molar-refractivity contribution < 1.29 is 10.0 Å². The van der Waals surface area contributed by atoms with Gasteiger partial charge in [0.25, 0.3) is 0 Å². The Balaban J connectivity index is 2.18. The molecule has 1 aliphatic heterocycles. The Morgan fingerprint density at radius 2 is 2.00 bits per heavy atom. The van der Waals surface area contributed by atoms with Gasteiger partial charge in [0, 0.05) is 13.1 Å². The van der Waals surface area contributed by atoms with Crippen LogP contribution in [0, 0.1) is 0 Å². The molecule has 1 heterocycles. The molecule has 0 aromatic heterocycles. The fourth-order valence-electron chi connectivity index (χ4n) is 0.924. The van der Waals surface area contributed by atoms with Gasteiger partial charge in [0.1, 0.15) is 0 Å². The summed E-state index contributed by atoms with van der Waals surface area (Å²) in [4.78, 5) is 3.96. The fraction of sp³-hybridized carbons (Fsp3) is 1.00. The molecule has 1 rings (SSSR count). The van der Waals surface area contributed by atoms with Crippen molar-refractivity contribution in [3.8, 4) is 0 Å². The molecule has 0 atom stereocenters. The van der Waals surface area contributed by atoms with Gasteiger partial charge in [-0.1, -0.05) is 0 Å². The highest BCUT2D eigenvalue weighted by Crippen LogP contribution is 2.08. The molecule has 0 aromatic rings. The van der Waals surface area contributed by atoms with E-state index in [1.165, 1.54) is 5.06 Å². The normalized spacial score (nSPS) is 24.7. The third-order valence-electron chi connectivity index (χ3n) is 1.54.